The molecule has 1 N–H and O–H groups in total. The predicted octanol–water partition coefficient (Wildman–Crippen LogP) is 4.16. The summed E-state index contributed by atoms with van der Waals surface area (Å²) in [7, 11) is 0. The molecule has 1 atom stereocenters. The van der Waals surface area contributed by atoms with Crippen LogP contribution in [-0.2, 0) is 6.54 Å². The summed E-state index contributed by atoms with van der Waals surface area (Å²) in [5, 5.41) is 3.39. The van der Waals surface area contributed by atoms with E-state index in [9.17, 15) is 0 Å². The monoisotopic (exact) mass is 328 g/mol. The first-order chi connectivity index (χ1) is 9.17. The number of pyridine rings is 1. The number of nitrogens with one attached hydrogen (secondary N) is 1. The molecule has 108 valence electrons. The Morgan fingerprint density at radius 2 is 2.16 bits per heavy atom. The molecule has 0 spiro atoms. The number of aromatic nitrogens is 1. The smallest absolute Gasteiger partial charge is 0.217 e. The second kappa shape index (κ2) is 9.32. The summed E-state index contributed by atoms with van der Waals surface area (Å²) in [6.07, 6.45) is 5.32. The number of nitrogens with zero attached hydrogens (tertiary/aromatic N) is 1. The van der Waals surface area contributed by atoms with Gasteiger partial charge in [-0.3, -0.25) is 0 Å². The van der Waals surface area contributed by atoms with Crippen molar-refractivity contribution in [2.45, 2.75) is 46.6 Å². The Bertz CT molecular complexity index is 371. The molecule has 3 nitrogen and oxygen atoms in total. The first-order valence-corrected chi connectivity index (χ1v) is 7.94. The second-order valence-corrected chi connectivity index (χ2v) is 5.92. The van der Waals surface area contributed by atoms with Gasteiger partial charge in [0.1, 0.15) is 0 Å². The van der Waals surface area contributed by atoms with Crippen molar-refractivity contribution < 1.29 is 4.74 Å². The molecule has 19 heavy (non-hydrogen) atoms. The molecule has 0 aromatic carbocycles. The molecule has 0 amide bonds. The lowest BCUT2D eigenvalue weighted by atomic mass is 10.1. The van der Waals surface area contributed by atoms with Crippen LogP contribution in [0.2, 0.25) is 0 Å². The van der Waals surface area contributed by atoms with Crippen LogP contribution in [0.4, 0.5) is 0 Å². The number of rotatable bonds is 9. The topological polar surface area (TPSA) is 34.2 Å². The molecule has 1 aromatic rings. The zero-order chi connectivity index (χ0) is 14.1. The SMILES string of the molecule is CCCNCc1cc(Br)cnc1OCC(C)CCC. The van der Waals surface area contributed by atoms with Gasteiger partial charge in [-0.2, -0.15) is 0 Å². The molecule has 0 saturated carbocycles. The maximum absolute atomic E-state index is 5.87. The number of ether oxygens (including phenoxy) is 1. The van der Waals surface area contributed by atoms with Gasteiger partial charge in [-0.1, -0.05) is 27.2 Å². The number of hydrogen-bond acceptors (Lipinski definition) is 3. The van der Waals surface area contributed by atoms with Crippen LogP contribution in [-0.4, -0.2) is 18.1 Å². The summed E-state index contributed by atoms with van der Waals surface area (Å²) in [5.41, 5.74) is 1.12. The summed E-state index contributed by atoms with van der Waals surface area (Å²) in [6.45, 7) is 9.14. The fourth-order valence-electron chi connectivity index (χ4n) is 1.92. The van der Waals surface area contributed by atoms with Crippen molar-refractivity contribution in [3.8, 4) is 5.88 Å². The molecule has 0 aliphatic carbocycles. The molecule has 1 aromatic heterocycles. The third-order valence-electron chi connectivity index (χ3n) is 2.92. The van der Waals surface area contributed by atoms with Gasteiger partial charge in [0.2, 0.25) is 5.88 Å². The highest BCUT2D eigenvalue weighted by molar-refractivity contribution is 9.10. The minimum absolute atomic E-state index is 0.576. The van der Waals surface area contributed by atoms with Gasteiger partial charge in [-0.15, -0.1) is 0 Å². The molecule has 1 heterocycles. The molecule has 0 bridgehead atoms. The molecule has 1 unspecified atom stereocenters. The Hall–Kier alpha value is -0.610. The lowest BCUT2D eigenvalue weighted by Crippen LogP contribution is -2.16. The first kappa shape index (κ1) is 16.4. The summed E-state index contributed by atoms with van der Waals surface area (Å²) in [4.78, 5) is 4.38. The number of hydrogen-bond donors (Lipinski definition) is 1. The minimum Gasteiger partial charge on any atom is -0.477 e. The predicted molar refractivity (Wildman–Crippen MR) is 83.5 cm³/mol. The van der Waals surface area contributed by atoms with Crippen LogP contribution in [0.15, 0.2) is 16.7 Å². The van der Waals surface area contributed by atoms with Gasteiger partial charge >= 0.3 is 0 Å². The average molecular weight is 329 g/mol. The molecule has 0 aliphatic rings. The van der Waals surface area contributed by atoms with Gasteiger partial charge in [0, 0.05) is 22.8 Å². The second-order valence-electron chi connectivity index (χ2n) is 5.00. The van der Waals surface area contributed by atoms with Gasteiger partial charge < -0.3 is 10.1 Å². The highest BCUT2D eigenvalue weighted by Crippen LogP contribution is 2.21. The zero-order valence-corrected chi connectivity index (χ0v) is 13.8. The van der Waals surface area contributed by atoms with E-state index >= 15 is 0 Å². The Balaban J connectivity index is 2.59. The molecular weight excluding hydrogens is 304 g/mol. The van der Waals surface area contributed by atoms with E-state index in [-0.39, 0.29) is 0 Å². The van der Waals surface area contributed by atoms with Crippen molar-refractivity contribution in [2.75, 3.05) is 13.2 Å². The minimum atomic E-state index is 0.576. The van der Waals surface area contributed by atoms with Crippen molar-refractivity contribution in [2.24, 2.45) is 5.92 Å². The largest absolute Gasteiger partial charge is 0.477 e. The highest BCUT2D eigenvalue weighted by Gasteiger charge is 2.08. The lowest BCUT2D eigenvalue weighted by Gasteiger charge is -2.14. The van der Waals surface area contributed by atoms with E-state index < -0.39 is 0 Å². The van der Waals surface area contributed by atoms with Crippen molar-refractivity contribution >= 4 is 15.9 Å². The molecule has 1 rings (SSSR count). The standard InChI is InChI=1S/C15H25BrN2O/c1-4-6-12(3)11-19-15-13(9-17-7-5-2)8-14(16)10-18-15/h8,10,12,17H,4-7,9,11H2,1-3H3. The van der Waals surface area contributed by atoms with Crippen LogP contribution in [0.5, 0.6) is 5.88 Å². The first-order valence-electron chi connectivity index (χ1n) is 7.15. The van der Waals surface area contributed by atoms with Gasteiger partial charge in [0.05, 0.1) is 6.61 Å². The van der Waals surface area contributed by atoms with Crippen LogP contribution in [0, 0.1) is 5.92 Å². The van der Waals surface area contributed by atoms with E-state index in [1.54, 1.807) is 6.20 Å². The van der Waals surface area contributed by atoms with Crippen molar-refractivity contribution in [3.63, 3.8) is 0 Å². The van der Waals surface area contributed by atoms with E-state index in [0.717, 1.165) is 42.0 Å². The molecule has 0 radical (unpaired) electrons. The number of halogens is 1. The molecule has 4 heteroatoms. The quantitative estimate of drug-likeness (QED) is 0.691. The van der Waals surface area contributed by atoms with Crippen LogP contribution >= 0.6 is 15.9 Å². The Morgan fingerprint density at radius 3 is 2.84 bits per heavy atom. The Labute approximate surface area is 125 Å². The maximum atomic E-state index is 5.87. The lowest BCUT2D eigenvalue weighted by molar-refractivity contribution is 0.240. The summed E-state index contributed by atoms with van der Waals surface area (Å²) < 4.78 is 6.86. The molecule has 0 saturated heterocycles. The fraction of sp³-hybridized carbons (Fsp3) is 0.667. The normalized spacial score (nSPS) is 12.4. The van der Waals surface area contributed by atoms with Crippen LogP contribution in [0.1, 0.15) is 45.6 Å². The summed E-state index contributed by atoms with van der Waals surface area (Å²) in [5.74, 6) is 1.33. The van der Waals surface area contributed by atoms with Crippen LogP contribution in [0.3, 0.4) is 0 Å². The zero-order valence-electron chi connectivity index (χ0n) is 12.2. The van der Waals surface area contributed by atoms with E-state index in [1.807, 2.05) is 0 Å². The van der Waals surface area contributed by atoms with Crippen LogP contribution < -0.4 is 10.1 Å². The van der Waals surface area contributed by atoms with Gasteiger partial charge in [-0.05, 0) is 47.3 Å². The van der Waals surface area contributed by atoms with E-state index in [1.165, 1.54) is 12.8 Å². The summed E-state index contributed by atoms with van der Waals surface area (Å²) in [6, 6.07) is 2.08. The Kier molecular flexibility index (Phi) is 8.07. The fourth-order valence-corrected chi connectivity index (χ4v) is 2.30. The molecule has 0 fully saturated rings. The highest BCUT2D eigenvalue weighted by atomic mass is 79.9. The average Bonchev–Trinajstić information content (AvgIpc) is 2.38. The molecule has 0 aliphatic heterocycles. The third kappa shape index (κ3) is 6.39. The van der Waals surface area contributed by atoms with E-state index in [4.69, 9.17) is 4.74 Å². The molecular formula is C15H25BrN2O. The van der Waals surface area contributed by atoms with Crippen LogP contribution in [0.25, 0.3) is 0 Å². The van der Waals surface area contributed by atoms with Crippen molar-refractivity contribution in [1.29, 1.82) is 0 Å². The van der Waals surface area contributed by atoms with Crippen molar-refractivity contribution in [1.82, 2.24) is 10.3 Å². The van der Waals surface area contributed by atoms with E-state index in [2.05, 4.69) is 53.1 Å². The maximum Gasteiger partial charge on any atom is 0.217 e. The summed E-state index contributed by atoms with van der Waals surface area (Å²) >= 11 is 3.46. The van der Waals surface area contributed by atoms with E-state index in [0.29, 0.717) is 5.92 Å². The van der Waals surface area contributed by atoms with Gasteiger partial charge in [0.25, 0.3) is 0 Å². The Morgan fingerprint density at radius 1 is 1.37 bits per heavy atom. The van der Waals surface area contributed by atoms with Gasteiger partial charge in [0.15, 0.2) is 0 Å². The van der Waals surface area contributed by atoms with Gasteiger partial charge in [-0.25, -0.2) is 4.98 Å². The third-order valence-corrected chi connectivity index (χ3v) is 3.35. The van der Waals surface area contributed by atoms with Crippen molar-refractivity contribution in [3.05, 3.63) is 22.3 Å².